The van der Waals surface area contributed by atoms with Gasteiger partial charge in [-0.1, -0.05) is 41.1 Å². The van der Waals surface area contributed by atoms with Crippen LogP contribution in [0.5, 0.6) is 0 Å². The molecule has 0 atom stereocenters. The molecule has 3 rings (SSSR count). The molecule has 0 unspecified atom stereocenters. The number of hydrogen-bond donors (Lipinski definition) is 0. The second-order valence-corrected chi connectivity index (χ2v) is 5.28. The van der Waals surface area contributed by atoms with Gasteiger partial charge in [-0.3, -0.25) is 0 Å². The molecule has 0 bridgehead atoms. The van der Waals surface area contributed by atoms with Gasteiger partial charge in [-0.05, 0) is 24.3 Å². The second-order valence-electron chi connectivity index (χ2n) is 4.53. The van der Waals surface area contributed by atoms with Gasteiger partial charge in [0.05, 0.1) is 0 Å². The summed E-state index contributed by atoms with van der Waals surface area (Å²) in [5.41, 5.74) is 2.19. The zero-order valence-corrected chi connectivity index (χ0v) is 13.0. The van der Waals surface area contributed by atoms with E-state index in [2.05, 4.69) is 21.8 Å². The van der Waals surface area contributed by atoms with Crippen LogP contribution >= 0.6 is 0 Å². The van der Waals surface area contributed by atoms with Crippen molar-refractivity contribution in [2.45, 2.75) is 6.92 Å². The van der Waals surface area contributed by atoms with E-state index in [1.807, 2.05) is 66.5 Å². The molecule has 0 aliphatic carbocycles. The molecule has 0 saturated carbocycles. The summed E-state index contributed by atoms with van der Waals surface area (Å²) in [4.78, 5) is 0. The molecule has 0 amide bonds. The topological polar surface area (TPSA) is 114 Å². The van der Waals surface area contributed by atoms with Crippen LogP contribution in [0.2, 0.25) is 0 Å². The largest absolute Gasteiger partial charge is 0.279 e. The highest BCUT2D eigenvalue weighted by molar-refractivity contribution is 5.29. The summed E-state index contributed by atoms with van der Waals surface area (Å²) >= 11 is 0. The van der Waals surface area contributed by atoms with Crippen molar-refractivity contribution < 1.29 is 33.4 Å². The molecule has 1 heterocycles. The van der Waals surface area contributed by atoms with Gasteiger partial charge in [0.2, 0.25) is 6.33 Å². The molecule has 23 heavy (non-hydrogen) atoms. The number of halogens is 1. The number of hydrogen-bond acceptors (Lipinski definition) is 5. The molecule has 0 saturated heterocycles. The molecular weight excluding hydrogens is 322 g/mol. The highest BCUT2D eigenvalue weighted by atomic mass is 35.7. The average molecular weight is 336 g/mol. The van der Waals surface area contributed by atoms with Crippen LogP contribution in [-0.2, 0) is 0 Å². The van der Waals surface area contributed by atoms with E-state index in [1.54, 1.807) is 0 Å². The van der Waals surface area contributed by atoms with Crippen LogP contribution in [0, 0.1) is 17.2 Å². The highest BCUT2D eigenvalue weighted by Gasteiger charge is 2.14. The average Bonchev–Trinajstić information content (AvgIpc) is 2.89. The van der Waals surface area contributed by atoms with Gasteiger partial charge >= 0.3 is 0 Å². The number of aromatic nitrogens is 3. The molecule has 0 aliphatic heterocycles. The first-order valence-electron chi connectivity index (χ1n) is 6.55. The van der Waals surface area contributed by atoms with Gasteiger partial charge in [-0.2, -0.15) is 0 Å². The Morgan fingerprint density at radius 2 is 1.35 bits per heavy atom. The first-order valence-corrected chi connectivity index (χ1v) is 7.78. The maximum Gasteiger partial charge on any atom is 0.279 e. The summed E-state index contributed by atoms with van der Waals surface area (Å²) < 4.78 is 37.9. The van der Waals surface area contributed by atoms with Crippen LogP contribution in [0.25, 0.3) is 11.4 Å². The fourth-order valence-electron chi connectivity index (χ4n) is 1.97. The van der Waals surface area contributed by atoms with E-state index in [9.17, 15) is 0 Å². The van der Waals surface area contributed by atoms with Crippen LogP contribution < -0.4 is 23.2 Å². The Morgan fingerprint density at radius 1 is 0.870 bits per heavy atom. The Balaban J connectivity index is 0.000000338. The summed E-state index contributed by atoms with van der Waals surface area (Å²) in [6, 6.07) is 20.3. The SMILES string of the molecule is Cc1nn(-c2ccccc2)c[n+]1-c1ccccc1.[O-][Cl+3]([O-])([O-])[O-]. The quantitative estimate of drug-likeness (QED) is 0.489. The summed E-state index contributed by atoms with van der Waals surface area (Å²) in [5.74, 6) is 0.963. The number of nitrogens with zero attached hydrogens (tertiary/aromatic N) is 3. The van der Waals surface area contributed by atoms with Crippen LogP contribution in [-0.4, -0.2) is 9.78 Å². The third kappa shape index (κ3) is 5.44. The third-order valence-electron chi connectivity index (χ3n) is 2.88. The Morgan fingerprint density at radius 3 is 1.87 bits per heavy atom. The van der Waals surface area contributed by atoms with Gasteiger partial charge in [0.15, 0.2) is 0 Å². The minimum absolute atomic E-state index is 0.963. The Labute approximate surface area is 135 Å². The zero-order valence-electron chi connectivity index (χ0n) is 12.2. The van der Waals surface area contributed by atoms with E-state index >= 15 is 0 Å². The van der Waals surface area contributed by atoms with Gasteiger partial charge in [0, 0.05) is 12.0 Å². The molecular formula is C15H14ClN3O4. The predicted octanol–water partition coefficient (Wildman–Crippen LogP) is -2.30. The monoisotopic (exact) mass is 335 g/mol. The molecule has 8 heteroatoms. The number of rotatable bonds is 2. The molecule has 120 valence electrons. The summed E-state index contributed by atoms with van der Waals surface area (Å²) in [6.07, 6.45) is 2.00. The Bertz CT molecular complexity index is 736. The lowest BCUT2D eigenvalue weighted by Gasteiger charge is -2.17. The van der Waals surface area contributed by atoms with Crippen molar-refractivity contribution in [3.05, 3.63) is 72.8 Å². The number of benzene rings is 2. The van der Waals surface area contributed by atoms with Crippen LogP contribution in [0.3, 0.4) is 0 Å². The van der Waals surface area contributed by atoms with Crippen molar-refractivity contribution in [3.63, 3.8) is 0 Å². The van der Waals surface area contributed by atoms with E-state index in [0.717, 1.165) is 17.2 Å². The highest BCUT2D eigenvalue weighted by Crippen LogP contribution is 2.06. The van der Waals surface area contributed by atoms with E-state index in [1.165, 1.54) is 0 Å². The van der Waals surface area contributed by atoms with Crippen LogP contribution in [0.1, 0.15) is 5.82 Å². The minimum Gasteiger partial charge on any atom is -0.222 e. The first kappa shape index (κ1) is 17.1. The fraction of sp³-hybridized carbons (Fsp3) is 0.0667. The molecule has 0 spiro atoms. The lowest BCUT2D eigenvalue weighted by atomic mass is 10.3. The molecule has 0 aliphatic rings. The van der Waals surface area contributed by atoms with Gasteiger partial charge in [0.25, 0.3) is 5.82 Å². The van der Waals surface area contributed by atoms with Crippen molar-refractivity contribution in [1.29, 1.82) is 0 Å². The molecule has 1 aromatic heterocycles. The lowest BCUT2D eigenvalue weighted by molar-refractivity contribution is -2.00. The summed E-state index contributed by atoms with van der Waals surface area (Å²) in [7, 11) is -4.94. The molecule has 0 N–H and O–H groups in total. The molecule has 0 radical (unpaired) electrons. The molecule has 2 aromatic carbocycles. The van der Waals surface area contributed by atoms with Crippen molar-refractivity contribution in [2.24, 2.45) is 0 Å². The van der Waals surface area contributed by atoms with Gasteiger partial charge in [0.1, 0.15) is 11.4 Å². The van der Waals surface area contributed by atoms with Crippen molar-refractivity contribution >= 4 is 0 Å². The van der Waals surface area contributed by atoms with E-state index in [0.29, 0.717) is 0 Å². The summed E-state index contributed by atoms with van der Waals surface area (Å²) in [6.45, 7) is 2.01. The molecule has 3 aromatic rings. The first-order chi connectivity index (χ1) is 10.8. The van der Waals surface area contributed by atoms with E-state index in [-0.39, 0.29) is 0 Å². The van der Waals surface area contributed by atoms with Crippen molar-refractivity contribution in [2.75, 3.05) is 0 Å². The normalized spacial score (nSPS) is 10.8. The predicted molar refractivity (Wildman–Crippen MR) is 69.8 cm³/mol. The number of para-hydroxylation sites is 2. The Kier molecular flexibility index (Phi) is 5.43. The smallest absolute Gasteiger partial charge is 0.222 e. The maximum atomic E-state index is 8.49. The molecule has 0 fully saturated rings. The van der Waals surface area contributed by atoms with Gasteiger partial charge in [-0.25, -0.2) is 23.2 Å². The second kappa shape index (κ2) is 7.32. The molecule has 7 nitrogen and oxygen atoms in total. The van der Waals surface area contributed by atoms with Crippen LogP contribution in [0.15, 0.2) is 67.0 Å². The summed E-state index contributed by atoms with van der Waals surface area (Å²) in [5, 5.41) is 4.54. The number of aryl methyl sites for hydroxylation is 1. The minimum atomic E-state index is -4.94. The third-order valence-corrected chi connectivity index (χ3v) is 2.88. The van der Waals surface area contributed by atoms with Crippen LogP contribution in [0.4, 0.5) is 0 Å². The lowest BCUT2D eigenvalue weighted by Crippen LogP contribution is -2.68. The van der Waals surface area contributed by atoms with Crippen molar-refractivity contribution in [3.8, 4) is 11.4 Å². The Hall–Kier alpha value is -2.29. The standard InChI is InChI=1S/C15H14N3.ClHO4/c1-13-16-18(15-10-6-3-7-11-15)12-17(13)14-8-4-2-5-9-14;2-1(3,4)5/h2-12H,1H3;(H,2,3,4,5)/q+1;/p-1. The fourth-order valence-corrected chi connectivity index (χ4v) is 1.97. The zero-order chi connectivity index (χ0) is 16.9. The van der Waals surface area contributed by atoms with Gasteiger partial charge < -0.3 is 0 Å². The van der Waals surface area contributed by atoms with E-state index < -0.39 is 10.2 Å². The maximum absolute atomic E-state index is 8.49. The van der Waals surface area contributed by atoms with Gasteiger partial charge in [-0.15, -0.1) is 10.2 Å². The van der Waals surface area contributed by atoms with E-state index in [4.69, 9.17) is 18.6 Å². The van der Waals surface area contributed by atoms with Crippen molar-refractivity contribution in [1.82, 2.24) is 9.78 Å².